The standard InChI is InChI=1S/C18H24N2O5P2S/c1-20(19-13-15-5-9-17(22-2)10-6-15)26(28)25-18-11-7-16(8-12-18)14-27(21,23-3)24-4/h5-13,28H,14H2,1-4H3/b19-13+. The van der Waals surface area contributed by atoms with E-state index < -0.39 is 15.1 Å². The molecule has 2 aromatic rings. The number of hydrogen-bond donors (Lipinski definition) is 1. The molecule has 0 aliphatic carbocycles. The van der Waals surface area contributed by atoms with Gasteiger partial charge < -0.3 is 18.3 Å². The zero-order valence-electron chi connectivity index (χ0n) is 16.2. The molecule has 7 nitrogen and oxygen atoms in total. The smallest absolute Gasteiger partial charge is 0.334 e. The molecule has 0 radical (unpaired) electrons. The Labute approximate surface area is 172 Å². The average molecular weight is 442 g/mol. The van der Waals surface area contributed by atoms with Crippen molar-refractivity contribution in [3.05, 3.63) is 59.7 Å². The van der Waals surface area contributed by atoms with Gasteiger partial charge in [0.15, 0.2) is 0 Å². The normalized spacial score (nSPS) is 12.8. The monoisotopic (exact) mass is 442 g/mol. The number of nitrogens with zero attached hydrogens (tertiary/aromatic N) is 2. The lowest BCUT2D eigenvalue weighted by atomic mass is 10.2. The highest BCUT2D eigenvalue weighted by atomic mass is 32.7. The maximum absolute atomic E-state index is 12.2. The minimum absolute atomic E-state index is 0.196. The highest BCUT2D eigenvalue weighted by molar-refractivity contribution is 8.42. The van der Waals surface area contributed by atoms with Gasteiger partial charge in [0, 0.05) is 21.3 Å². The summed E-state index contributed by atoms with van der Waals surface area (Å²) in [5, 5.41) is 4.36. The van der Waals surface area contributed by atoms with E-state index in [4.69, 9.17) is 18.3 Å². The summed E-state index contributed by atoms with van der Waals surface area (Å²) in [6.07, 6.45) is 1.92. The van der Waals surface area contributed by atoms with Gasteiger partial charge >= 0.3 is 7.60 Å². The van der Waals surface area contributed by atoms with E-state index in [1.54, 1.807) is 37.3 Å². The zero-order valence-corrected chi connectivity index (χ0v) is 18.9. The van der Waals surface area contributed by atoms with E-state index in [2.05, 4.69) is 17.4 Å². The second-order valence-electron chi connectivity index (χ2n) is 5.63. The van der Waals surface area contributed by atoms with Crippen LogP contribution in [0.4, 0.5) is 0 Å². The summed E-state index contributed by atoms with van der Waals surface area (Å²) in [6, 6.07) is 14.8. The highest BCUT2D eigenvalue weighted by Crippen LogP contribution is 2.50. The van der Waals surface area contributed by atoms with Crippen LogP contribution in [0.5, 0.6) is 11.5 Å². The van der Waals surface area contributed by atoms with Crippen LogP contribution < -0.4 is 9.26 Å². The summed E-state index contributed by atoms with van der Waals surface area (Å²) in [6.45, 7) is 0. The third-order valence-electron chi connectivity index (χ3n) is 3.78. The Hall–Kier alpha value is -1.56. The predicted octanol–water partition coefficient (Wildman–Crippen LogP) is 5.18. The van der Waals surface area contributed by atoms with Crippen molar-refractivity contribution in [2.75, 3.05) is 28.4 Å². The zero-order chi connectivity index (χ0) is 20.6. The number of ether oxygens (including phenoxy) is 1. The van der Waals surface area contributed by atoms with E-state index in [9.17, 15) is 4.57 Å². The number of thiol groups is 1. The molecule has 0 saturated carbocycles. The van der Waals surface area contributed by atoms with Crippen LogP contribution >= 0.6 is 27.3 Å². The molecule has 2 rings (SSSR count). The van der Waals surface area contributed by atoms with Gasteiger partial charge in [-0.15, -0.1) is 0 Å². The molecule has 0 aromatic heterocycles. The molecule has 1 atom stereocenters. The minimum atomic E-state index is -3.09. The van der Waals surface area contributed by atoms with E-state index in [0.717, 1.165) is 16.9 Å². The lowest BCUT2D eigenvalue weighted by Crippen LogP contribution is -2.05. The van der Waals surface area contributed by atoms with E-state index >= 15 is 0 Å². The maximum Gasteiger partial charge on any atom is 0.334 e. The molecule has 0 fully saturated rings. The molecule has 0 spiro atoms. The molecule has 0 saturated heterocycles. The van der Waals surface area contributed by atoms with Gasteiger partial charge in [-0.2, -0.15) is 5.10 Å². The third-order valence-corrected chi connectivity index (χ3v) is 7.64. The van der Waals surface area contributed by atoms with Gasteiger partial charge in [-0.05, 0) is 47.5 Å². The molecule has 10 heteroatoms. The summed E-state index contributed by atoms with van der Waals surface area (Å²) < 4.78 is 34.7. The van der Waals surface area contributed by atoms with Crippen LogP contribution in [0.2, 0.25) is 0 Å². The molecule has 152 valence electrons. The summed E-state index contributed by atoms with van der Waals surface area (Å²) in [5.74, 6) is 1.43. The van der Waals surface area contributed by atoms with Gasteiger partial charge in [-0.1, -0.05) is 24.4 Å². The Morgan fingerprint density at radius 1 is 1.04 bits per heavy atom. The van der Waals surface area contributed by atoms with Crippen LogP contribution in [0.3, 0.4) is 0 Å². The molecule has 0 aliphatic rings. The molecular formula is C18H24N2O5P2S. The molecule has 2 aromatic carbocycles. The summed E-state index contributed by atoms with van der Waals surface area (Å²) >= 11 is 4.49. The van der Waals surface area contributed by atoms with Crippen molar-refractivity contribution in [3.63, 3.8) is 0 Å². The first-order valence-corrected chi connectivity index (χ1v) is 12.4. The molecule has 0 aliphatic heterocycles. The lowest BCUT2D eigenvalue weighted by Gasteiger charge is -2.20. The van der Waals surface area contributed by atoms with Crippen LogP contribution in [0.1, 0.15) is 11.1 Å². The van der Waals surface area contributed by atoms with Crippen LogP contribution in [0.15, 0.2) is 53.6 Å². The molecular weight excluding hydrogens is 418 g/mol. The maximum atomic E-state index is 12.2. The number of hydrazone groups is 1. The number of methoxy groups -OCH3 is 1. The van der Waals surface area contributed by atoms with Crippen molar-refractivity contribution >= 4 is 33.6 Å². The lowest BCUT2D eigenvalue weighted by molar-refractivity contribution is 0.275. The Morgan fingerprint density at radius 3 is 2.14 bits per heavy atom. The molecule has 0 N–H and O–H groups in total. The van der Waals surface area contributed by atoms with Gasteiger partial charge in [0.25, 0.3) is 7.50 Å². The fourth-order valence-corrected chi connectivity index (χ4v) is 4.18. The first kappa shape index (κ1) is 22.7. The SMILES string of the molecule is COc1ccc(/C=N/N(C)P(S)Oc2ccc(CP(=O)(OC)OC)cc2)cc1. The minimum Gasteiger partial charge on any atom is -0.497 e. The largest absolute Gasteiger partial charge is 0.497 e. The van der Waals surface area contributed by atoms with Crippen molar-refractivity contribution < 1.29 is 22.9 Å². The Bertz CT molecular complexity index is 810. The van der Waals surface area contributed by atoms with Crippen LogP contribution in [-0.2, 0) is 19.8 Å². The quantitative estimate of drug-likeness (QED) is 0.237. The van der Waals surface area contributed by atoms with Crippen molar-refractivity contribution in [1.29, 1.82) is 0 Å². The van der Waals surface area contributed by atoms with Crippen molar-refractivity contribution in [2.45, 2.75) is 6.16 Å². The Balaban J connectivity index is 1.92. The molecule has 0 heterocycles. The summed E-state index contributed by atoms with van der Waals surface area (Å²) in [5.41, 5.74) is 1.77. The van der Waals surface area contributed by atoms with Gasteiger partial charge in [0.05, 0.1) is 19.5 Å². The van der Waals surface area contributed by atoms with Crippen LogP contribution in [-0.4, -0.2) is 39.4 Å². The predicted molar refractivity (Wildman–Crippen MR) is 117 cm³/mol. The van der Waals surface area contributed by atoms with Gasteiger partial charge in [-0.25, -0.2) is 4.78 Å². The molecule has 0 amide bonds. The summed E-state index contributed by atoms with van der Waals surface area (Å²) in [4.78, 5) is 0. The van der Waals surface area contributed by atoms with Crippen molar-refractivity contribution in [3.8, 4) is 11.5 Å². The molecule has 28 heavy (non-hydrogen) atoms. The second-order valence-corrected chi connectivity index (χ2v) is 10.2. The first-order chi connectivity index (χ1) is 13.4. The van der Waals surface area contributed by atoms with Crippen LogP contribution in [0, 0.1) is 0 Å². The third kappa shape index (κ3) is 6.80. The molecule has 0 bridgehead atoms. The van der Waals surface area contributed by atoms with Crippen molar-refractivity contribution in [1.82, 2.24) is 4.78 Å². The average Bonchev–Trinajstić information content (AvgIpc) is 2.73. The summed E-state index contributed by atoms with van der Waals surface area (Å²) in [7, 11) is 1.81. The Morgan fingerprint density at radius 2 is 1.61 bits per heavy atom. The Kier molecular flexibility index (Phi) is 8.80. The van der Waals surface area contributed by atoms with E-state index in [-0.39, 0.29) is 6.16 Å². The van der Waals surface area contributed by atoms with Gasteiger partial charge in [0.2, 0.25) is 0 Å². The fraction of sp³-hybridized carbons (Fsp3) is 0.278. The number of benzene rings is 2. The van der Waals surface area contributed by atoms with Crippen LogP contribution in [0.25, 0.3) is 0 Å². The second kappa shape index (κ2) is 10.8. The highest BCUT2D eigenvalue weighted by Gasteiger charge is 2.21. The van der Waals surface area contributed by atoms with E-state index in [1.165, 1.54) is 14.2 Å². The van der Waals surface area contributed by atoms with Gasteiger partial charge in [0.1, 0.15) is 11.5 Å². The van der Waals surface area contributed by atoms with Crippen molar-refractivity contribution in [2.24, 2.45) is 5.10 Å². The number of rotatable bonds is 10. The number of hydrogen-bond acceptors (Lipinski definition) is 8. The van der Waals surface area contributed by atoms with E-state index in [0.29, 0.717) is 5.75 Å². The first-order valence-electron chi connectivity index (χ1n) is 8.27. The topological polar surface area (TPSA) is 69.6 Å². The van der Waals surface area contributed by atoms with Gasteiger partial charge in [-0.3, -0.25) is 4.57 Å². The van der Waals surface area contributed by atoms with E-state index in [1.807, 2.05) is 36.4 Å². The molecule has 1 unspecified atom stereocenters. The fourth-order valence-electron chi connectivity index (χ4n) is 2.12.